The Kier molecular flexibility index (Phi) is 4.59. The monoisotopic (exact) mass is 292 g/mol. The van der Waals surface area contributed by atoms with Gasteiger partial charge in [-0.1, -0.05) is 42.5 Å². The summed E-state index contributed by atoms with van der Waals surface area (Å²) in [7, 11) is 1.66. The molecule has 0 unspecified atom stereocenters. The van der Waals surface area contributed by atoms with Gasteiger partial charge >= 0.3 is 0 Å². The van der Waals surface area contributed by atoms with E-state index in [-0.39, 0.29) is 0 Å². The van der Waals surface area contributed by atoms with Crippen LogP contribution in [0.1, 0.15) is 17.5 Å². The molecule has 2 nitrogen and oxygen atoms in total. The second-order valence-electron chi connectivity index (χ2n) is 5.33. The number of hydrogen-bond acceptors (Lipinski definition) is 2. The molecule has 0 fully saturated rings. The van der Waals surface area contributed by atoms with Crippen LogP contribution < -0.4 is 9.47 Å². The fraction of sp³-hybridized carbons (Fsp3) is 0.200. The molecule has 2 aliphatic heterocycles. The van der Waals surface area contributed by atoms with Gasteiger partial charge in [-0.05, 0) is 54.7 Å². The van der Waals surface area contributed by atoms with Gasteiger partial charge in [0.1, 0.15) is 5.75 Å². The van der Waals surface area contributed by atoms with Gasteiger partial charge in [0.15, 0.2) is 11.5 Å². The molecule has 0 aliphatic carbocycles. The lowest BCUT2D eigenvalue weighted by Gasteiger charge is -2.12. The zero-order chi connectivity index (χ0) is 15.2. The van der Waals surface area contributed by atoms with E-state index in [1.165, 1.54) is 11.1 Å². The lowest BCUT2D eigenvalue weighted by molar-refractivity contribution is 0.378. The van der Waals surface area contributed by atoms with Crippen LogP contribution in [0, 0.1) is 0 Å². The van der Waals surface area contributed by atoms with E-state index in [9.17, 15) is 0 Å². The Labute approximate surface area is 131 Å². The molecule has 0 saturated carbocycles. The standard InChI is InChI=1S/C20H20O2/c1-21-19-14-11-17-8-6-4-2-3-5-7-16-9-12-18(13-10-16)22-20(19)15-17/h2-4,6,9-15H,5,7-8H2,1H3/b3-2-,6-4+. The molecule has 0 atom stereocenters. The molecule has 2 heteroatoms. The third-order valence-electron chi connectivity index (χ3n) is 3.72. The molecule has 0 saturated heterocycles. The van der Waals surface area contributed by atoms with Gasteiger partial charge in [0.2, 0.25) is 0 Å². The van der Waals surface area contributed by atoms with E-state index in [1.807, 2.05) is 24.3 Å². The minimum Gasteiger partial charge on any atom is -0.493 e. The van der Waals surface area contributed by atoms with Crippen LogP contribution in [0.25, 0.3) is 0 Å². The number of fused-ring (bicyclic) bond motifs is 6. The van der Waals surface area contributed by atoms with Crippen LogP contribution in [-0.2, 0) is 12.8 Å². The van der Waals surface area contributed by atoms with Crippen molar-refractivity contribution in [3.8, 4) is 17.2 Å². The second kappa shape index (κ2) is 6.99. The van der Waals surface area contributed by atoms with Crippen LogP contribution in [0.2, 0.25) is 0 Å². The van der Waals surface area contributed by atoms with Crippen LogP contribution in [0.3, 0.4) is 0 Å². The summed E-state index contributed by atoms with van der Waals surface area (Å²) in [6.07, 6.45) is 11.6. The van der Waals surface area contributed by atoms with Crippen LogP contribution in [-0.4, -0.2) is 7.11 Å². The first kappa shape index (κ1) is 14.5. The Morgan fingerprint density at radius 3 is 2.50 bits per heavy atom. The SMILES string of the molecule is COc1ccc2cc1Oc1ccc(cc1)CC/C=C\C=C\C2. The Bertz CT molecular complexity index is 681. The zero-order valence-electron chi connectivity index (χ0n) is 12.8. The molecule has 0 radical (unpaired) electrons. The molecule has 22 heavy (non-hydrogen) atoms. The summed E-state index contributed by atoms with van der Waals surface area (Å²) < 4.78 is 11.4. The predicted octanol–water partition coefficient (Wildman–Crippen LogP) is 5.09. The molecule has 0 N–H and O–H groups in total. The summed E-state index contributed by atoms with van der Waals surface area (Å²) in [4.78, 5) is 0. The van der Waals surface area contributed by atoms with E-state index in [2.05, 4.69) is 42.5 Å². The van der Waals surface area contributed by atoms with Crippen molar-refractivity contribution in [2.75, 3.05) is 7.11 Å². The van der Waals surface area contributed by atoms with Gasteiger partial charge in [0.25, 0.3) is 0 Å². The smallest absolute Gasteiger partial charge is 0.169 e. The molecule has 2 heterocycles. The van der Waals surface area contributed by atoms with E-state index < -0.39 is 0 Å². The van der Waals surface area contributed by atoms with Crippen LogP contribution in [0.5, 0.6) is 17.2 Å². The van der Waals surface area contributed by atoms with Crippen molar-refractivity contribution in [2.45, 2.75) is 19.3 Å². The van der Waals surface area contributed by atoms with Crippen molar-refractivity contribution in [1.29, 1.82) is 0 Å². The number of hydrogen-bond donors (Lipinski definition) is 0. The third-order valence-corrected chi connectivity index (χ3v) is 3.72. The van der Waals surface area contributed by atoms with Gasteiger partial charge in [-0.15, -0.1) is 0 Å². The molecule has 2 aromatic carbocycles. The largest absolute Gasteiger partial charge is 0.493 e. The highest BCUT2D eigenvalue weighted by molar-refractivity contribution is 5.46. The molecule has 4 bridgehead atoms. The maximum absolute atomic E-state index is 6.01. The van der Waals surface area contributed by atoms with Gasteiger partial charge in [-0.25, -0.2) is 0 Å². The highest BCUT2D eigenvalue weighted by Crippen LogP contribution is 2.32. The summed E-state index contributed by atoms with van der Waals surface area (Å²) in [6.45, 7) is 0. The quantitative estimate of drug-likeness (QED) is 0.729. The topological polar surface area (TPSA) is 18.5 Å². The lowest BCUT2D eigenvalue weighted by atomic mass is 10.1. The summed E-state index contributed by atoms with van der Waals surface area (Å²) in [5, 5.41) is 0. The molecule has 4 rings (SSSR count). The Hall–Kier alpha value is -2.48. The maximum atomic E-state index is 6.01. The van der Waals surface area contributed by atoms with Crippen LogP contribution in [0.15, 0.2) is 66.8 Å². The van der Waals surface area contributed by atoms with E-state index in [4.69, 9.17) is 9.47 Å². The van der Waals surface area contributed by atoms with E-state index in [0.29, 0.717) is 0 Å². The summed E-state index contributed by atoms with van der Waals surface area (Å²) in [5.41, 5.74) is 2.52. The zero-order valence-corrected chi connectivity index (χ0v) is 12.8. The van der Waals surface area contributed by atoms with Crippen molar-refractivity contribution in [3.05, 3.63) is 77.9 Å². The number of ether oxygens (including phenoxy) is 2. The van der Waals surface area contributed by atoms with Crippen molar-refractivity contribution in [1.82, 2.24) is 0 Å². The van der Waals surface area contributed by atoms with Gasteiger partial charge in [-0.3, -0.25) is 0 Å². The van der Waals surface area contributed by atoms with Crippen molar-refractivity contribution in [3.63, 3.8) is 0 Å². The lowest BCUT2D eigenvalue weighted by Crippen LogP contribution is -1.93. The van der Waals surface area contributed by atoms with E-state index in [0.717, 1.165) is 36.5 Å². The van der Waals surface area contributed by atoms with Crippen molar-refractivity contribution >= 4 is 0 Å². The van der Waals surface area contributed by atoms with Crippen molar-refractivity contribution in [2.24, 2.45) is 0 Å². The van der Waals surface area contributed by atoms with Crippen molar-refractivity contribution < 1.29 is 9.47 Å². The number of methoxy groups -OCH3 is 1. The average molecular weight is 292 g/mol. The van der Waals surface area contributed by atoms with Gasteiger partial charge in [0, 0.05) is 0 Å². The fourth-order valence-electron chi connectivity index (χ4n) is 2.49. The average Bonchev–Trinajstić information content (AvgIpc) is 2.56. The predicted molar refractivity (Wildman–Crippen MR) is 89.8 cm³/mol. The first-order chi connectivity index (χ1) is 10.8. The maximum Gasteiger partial charge on any atom is 0.169 e. The molecule has 0 aromatic heterocycles. The number of rotatable bonds is 1. The van der Waals surface area contributed by atoms with Gasteiger partial charge in [0.05, 0.1) is 7.11 Å². The Morgan fingerprint density at radius 2 is 1.68 bits per heavy atom. The number of benzene rings is 2. The fourth-order valence-corrected chi connectivity index (χ4v) is 2.49. The molecule has 0 spiro atoms. The van der Waals surface area contributed by atoms with Crippen LogP contribution >= 0.6 is 0 Å². The molecule has 0 amide bonds. The Balaban J connectivity index is 1.97. The second-order valence-corrected chi connectivity index (χ2v) is 5.33. The number of allylic oxidation sites excluding steroid dienone is 4. The molecule has 112 valence electrons. The highest BCUT2D eigenvalue weighted by Gasteiger charge is 2.07. The number of aryl methyl sites for hydroxylation is 1. The minimum absolute atomic E-state index is 0.751. The molecule has 2 aromatic rings. The van der Waals surface area contributed by atoms with E-state index >= 15 is 0 Å². The van der Waals surface area contributed by atoms with E-state index in [1.54, 1.807) is 7.11 Å². The van der Waals surface area contributed by atoms with Crippen LogP contribution in [0.4, 0.5) is 0 Å². The molecular weight excluding hydrogens is 272 g/mol. The summed E-state index contributed by atoms with van der Waals surface area (Å²) >= 11 is 0. The minimum atomic E-state index is 0.751. The first-order valence-electron chi connectivity index (χ1n) is 7.60. The Morgan fingerprint density at radius 1 is 0.909 bits per heavy atom. The van der Waals surface area contributed by atoms with Gasteiger partial charge in [-0.2, -0.15) is 0 Å². The van der Waals surface area contributed by atoms with Gasteiger partial charge < -0.3 is 9.47 Å². The highest BCUT2D eigenvalue weighted by atomic mass is 16.5. The third kappa shape index (κ3) is 3.59. The molecular formula is C20H20O2. The molecule has 2 aliphatic rings. The first-order valence-corrected chi connectivity index (χ1v) is 7.60. The summed E-state index contributed by atoms with van der Waals surface area (Å²) in [6, 6.07) is 14.3. The normalized spacial score (nSPS) is 17.0. The summed E-state index contributed by atoms with van der Waals surface area (Å²) in [5.74, 6) is 2.34.